The van der Waals surface area contributed by atoms with Crippen molar-refractivity contribution in [1.82, 2.24) is 10.6 Å². The summed E-state index contributed by atoms with van der Waals surface area (Å²) in [7, 11) is 1.25. The first-order chi connectivity index (χ1) is 13.8. The van der Waals surface area contributed by atoms with Crippen LogP contribution >= 0.6 is 0 Å². The lowest BCUT2D eigenvalue weighted by Crippen LogP contribution is -2.40. The van der Waals surface area contributed by atoms with Crippen LogP contribution < -0.4 is 10.6 Å². The Morgan fingerprint density at radius 1 is 1.14 bits per heavy atom. The second kappa shape index (κ2) is 8.46. The normalized spacial score (nSPS) is 19.8. The summed E-state index contributed by atoms with van der Waals surface area (Å²) in [5.41, 5.74) is 1.71. The molecule has 8 heteroatoms. The lowest BCUT2D eigenvalue weighted by molar-refractivity contribution is -0.385. The molecule has 1 aromatic rings. The van der Waals surface area contributed by atoms with Gasteiger partial charge in [0, 0.05) is 34.6 Å². The number of nitrogens with zero attached hydrogens (tertiary/aromatic N) is 1. The highest BCUT2D eigenvalue weighted by Crippen LogP contribution is 2.42. The van der Waals surface area contributed by atoms with Crippen molar-refractivity contribution >= 4 is 17.6 Å². The minimum Gasteiger partial charge on any atom is -0.466 e. The van der Waals surface area contributed by atoms with Gasteiger partial charge in [-0.3, -0.25) is 14.9 Å². The molecule has 0 bridgehead atoms. The average molecular weight is 399 g/mol. The summed E-state index contributed by atoms with van der Waals surface area (Å²) < 4.78 is 4.95. The molecule has 1 aliphatic heterocycles. The fourth-order valence-electron chi connectivity index (χ4n) is 4.22. The minimum absolute atomic E-state index is 0.0720. The highest BCUT2D eigenvalue weighted by molar-refractivity contribution is 6.02. The van der Waals surface area contributed by atoms with E-state index in [9.17, 15) is 19.7 Å². The second-order valence-electron chi connectivity index (χ2n) is 7.40. The number of amides is 1. The molecule has 1 unspecified atom stereocenters. The Morgan fingerprint density at radius 3 is 2.38 bits per heavy atom. The van der Waals surface area contributed by atoms with Gasteiger partial charge in [0.1, 0.15) is 0 Å². The van der Waals surface area contributed by atoms with Gasteiger partial charge in [0.15, 0.2) is 0 Å². The van der Waals surface area contributed by atoms with E-state index in [0.29, 0.717) is 17.0 Å². The molecule has 0 aromatic heterocycles. The number of carbonyl (C=O) groups is 2. The topological polar surface area (TPSA) is 111 Å². The molecular weight excluding hydrogens is 374 g/mol. The fourth-order valence-corrected chi connectivity index (χ4v) is 4.22. The minimum atomic E-state index is -0.897. The van der Waals surface area contributed by atoms with Crippen molar-refractivity contribution in [2.24, 2.45) is 0 Å². The number of hydrogen-bond donors (Lipinski definition) is 2. The maximum Gasteiger partial charge on any atom is 0.336 e. The third-order valence-electron chi connectivity index (χ3n) is 5.55. The number of para-hydroxylation sites is 1. The standard InChI is InChI=1S/C21H25N3O5/c1-12-17(20(25)23-14-8-4-5-9-14)19(18(13(2)22-12)21(26)29-3)15-10-6-7-11-16(15)24(27)28/h6-7,10-11,14,19,22H,4-5,8-9H2,1-3H3,(H,23,25). The van der Waals surface area contributed by atoms with E-state index in [0.717, 1.165) is 25.7 Å². The number of methoxy groups -OCH3 is 1. The van der Waals surface area contributed by atoms with Gasteiger partial charge in [-0.1, -0.05) is 31.0 Å². The number of allylic oxidation sites excluding steroid dienone is 2. The molecular formula is C21H25N3O5. The van der Waals surface area contributed by atoms with Gasteiger partial charge in [-0.05, 0) is 26.7 Å². The molecule has 1 atom stereocenters. The smallest absolute Gasteiger partial charge is 0.336 e. The van der Waals surface area contributed by atoms with E-state index in [4.69, 9.17) is 4.74 Å². The van der Waals surface area contributed by atoms with Crippen molar-refractivity contribution in [1.29, 1.82) is 0 Å². The molecule has 0 radical (unpaired) electrons. The van der Waals surface area contributed by atoms with Crippen LogP contribution in [0.4, 0.5) is 5.69 Å². The third kappa shape index (κ3) is 4.01. The first-order valence-electron chi connectivity index (χ1n) is 9.66. The number of nitro groups is 1. The van der Waals surface area contributed by atoms with Crippen LogP contribution in [0.5, 0.6) is 0 Å². The summed E-state index contributed by atoms with van der Waals surface area (Å²) >= 11 is 0. The number of nitrogens with one attached hydrogen (secondary N) is 2. The first-order valence-corrected chi connectivity index (χ1v) is 9.66. The number of ether oxygens (including phenoxy) is 1. The largest absolute Gasteiger partial charge is 0.466 e. The van der Waals surface area contributed by atoms with E-state index in [1.807, 2.05) is 0 Å². The molecule has 2 N–H and O–H groups in total. The summed E-state index contributed by atoms with van der Waals surface area (Å²) in [6, 6.07) is 6.26. The number of hydrogen-bond acceptors (Lipinski definition) is 6. The Morgan fingerprint density at radius 2 is 1.76 bits per heavy atom. The molecule has 1 saturated carbocycles. The van der Waals surface area contributed by atoms with Gasteiger partial charge in [0.25, 0.3) is 5.69 Å². The average Bonchev–Trinajstić information content (AvgIpc) is 3.19. The maximum atomic E-state index is 13.2. The zero-order valence-electron chi connectivity index (χ0n) is 16.8. The maximum absolute atomic E-state index is 13.2. The monoisotopic (exact) mass is 399 g/mol. The van der Waals surface area contributed by atoms with Gasteiger partial charge in [-0.2, -0.15) is 0 Å². The molecule has 1 aliphatic carbocycles. The van der Waals surface area contributed by atoms with Gasteiger partial charge in [0.2, 0.25) is 5.91 Å². The summed E-state index contributed by atoms with van der Waals surface area (Å²) in [6.07, 6.45) is 3.92. The van der Waals surface area contributed by atoms with Crippen LogP contribution in [0.25, 0.3) is 0 Å². The number of esters is 1. The van der Waals surface area contributed by atoms with Crippen molar-refractivity contribution in [3.05, 3.63) is 62.5 Å². The molecule has 8 nitrogen and oxygen atoms in total. The predicted octanol–water partition coefficient (Wildman–Crippen LogP) is 3.06. The molecule has 3 rings (SSSR count). The van der Waals surface area contributed by atoms with Gasteiger partial charge in [0.05, 0.1) is 23.5 Å². The van der Waals surface area contributed by atoms with Crippen molar-refractivity contribution in [3.63, 3.8) is 0 Å². The Labute approximate surface area is 169 Å². The van der Waals surface area contributed by atoms with Crippen molar-refractivity contribution in [2.45, 2.75) is 51.5 Å². The molecule has 154 valence electrons. The van der Waals surface area contributed by atoms with E-state index >= 15 is 0 Å². The highest BCUT2D eigenvalue weighted by atomic mass is 16.6. The Kier molecular flexibility index (Phi) is 6.00. The molecule has 1 heterocycles. The molecule has 1 fully saturated rings. The van der Waals surface area contributed by atoms with E-state index in [-0.39, 0.29) is 28.8 Å². The van der Waals surface area contributed by atoms with Crippen LogP contribution in [0.1, 0.15) is 51.0 Å². The van der Waals surface area contributed by atoms with Crippen LogP contribution in [-0.4, -0.2) is 30.0 Å². The number of rotatable bonds is 5. The van der Waals surface area contributed by atoms with E-state index < -0.39 is 16.8 Å². The van der Waals surface area contributed by atoms with Gasteiger partial charge < -0.3 is 15.4 Å². The lowest BCUT2D eigenvalue weighted by atomic mass is 9.79. The first kappa shape index (κ1) is 20.6. The third-order valence-corrected chi connectivity index (χ3v) is 5.55. The Balaban J connectivity index is 2.14. The summed E-state index contributed by atoms with van der Waals surface area (Å²) in [4.78, 5) is 37.0. The zero-order valence-corrected chi connectivity index (χ0v) is 16.8. The lowest BCUT2D eigenvalue weighted by Gasteiger charge is -2.31. The summed E-state index contributed by atoms with van der Waals surface area (Å²) in [5.74, 6) is -1.84. The predicted molar refractivity (Wildman–Crippen MR) is 107 cm³/mol. The van der Waals surface area contributed by atoms with Crippen molar-refractivity contribution in [2.75, 3.05) is 7.11 Å². The van der Waals surface area contributed by atoms with Gasteiger partial charge in [-0.25, -0.2) is 4.79 Å². The van der Waals surface area contributed by atoms with Crippen LogP contribution in [0.15, 0.2) is 46.8 Å². The molecule has 29 heavy (non-hydrogen) atoms. The summed E-state index contributed by atoms with van der Waals surface area (Å²) in [5, 5.41) is 17.8. The van der Waals surface area contributed by atoms with Crippen LogP contribution in [0, 0.1) is 10.1 Å². The molecule has 2 aliphatic rings. The van der Waals surface area contributed by atoms with E-state index in [2.05, 4.69) is 10.6 Å². The van der Waals surface area contributed by atoms with Crippen molar-refractivity contribution in [3.8, 4) is 0 Å². The zero-order chi connectivity index (χ0) is 21.1. The Bertz CT molecular complexity index is 913. The van der Waals surface area contributed by atoms with Crippen LogP contribution in [0.2, 0.25) is 0 Å². The fraction of sp³-hybridized carbons (Fsp3) is 0.429. The highest BCUT2D eigenvalue weighted by Gasteiger charge is 2.40. The van der Waals surface area contributed by atoms with Crippen LogP contribution in [0.3, 0.4) is 0 Å². The quantitative estimate of drug-likeness (QED) is 0.447. The number of dihydropyridines is 1. The summed E-state index contributed by atoms with van der Waals surface area (Å²) in [6.45, 7) is 3.44. The van der Waals surface area contributed by atoms with Crippen molar-refractivity contribution < 1.29 is 19.2 Å². The van der Waals surface area contributed by atoms with Gasteiger partial charge in [-0.15, -0.1) is 0 Å². The molecule has 1 amide bonds. The molecule has 0 spiro atoms. The van der Waals surface area contributed by atoms with E-state index in [1.54, 1.807) is 32.0 Å². The van der Waals surface area contributed by atoms with Crippen LogP contribution in [-0.2, 0) is 14.3 Å². The number of carbonyl (C=O) groups excluding carboxylic acids is 2. The number of nitro benzene ring substituents is 1. The second-order valence-corrected chi connectivity index (χ2v) is 7.40. The number of benzene rings is 1. The molecule has 0 saturated heterocycles. The Hall–Kier alpha value is -3.16. The van der Waals surface area contributed by atoms with E-state index in [1.165, 1.54) is 13.2 Å². The van der Waals surface area contributed by atoms with Gasteiger partial charge >= 0.3 is 5.97 Å². The molecule has 1 aromatic carbocycles. The SMILES string of the molecule is COC(=O)C1=C(C)NC(C)=C(C(=O)NC2CCCC2)C1c1ccccc1[N+](=O)[O-].